The van der Waals surface area contributed by atoms with Crippen LogP contribution in [0.3, 0.4) is 0 Å². The number of amides is 1. The number of hydrogen-bond donors (Lipinski definition) is 0. The van der Waals surface area contributed by atoms with Gasteiger partial charge in [0.1, 0.15) is 0 Å². The first kappa shape index (κ1) is 13.8. The van der Waals surface area contributed by atoms with E-state index in [0.717, 1.165) is 31.7 Å². The molecule has 0 aliphatic heterocycles. The van der Waals surface area contributed by atoms with Gasteiger partial charge in [0.2, 0.25) is 5.91 Å². The van der Waals surface area contributed by atoms with Gasteiger partial charge in [0.25, 0.3) is 0 Å². The van der Waals surface area contributed by atoms with E-state index in [9.17, 15) is 4.79 Å². The normalized spacial score (nSPS) is 16.6. The molecule has 1 fully saturated rings. The molecular formula is C13H24ClNO. The molecule has 0 unspecified atom stereocenters. The summed E-state index contributed by atoms with van der Waals surface area (Å²) < 4.78 is 0. The first-order chi connectivity index (χ1) is 7.77. The maximum Gasteiger partial charge on any atom is 0.222 e. The van der Waals surface area contributed by atoms with E-state index in [4.69, 9.17) is 11.6 Å². The topological polar surface area (TPSA) is 20.3 Å². The fourth-order valence-corrected chi connectivity index (χ4v) is 2.72. The van der Waals surface area contributed by atoms with Gasteiger partial charge in [-0.15, -0.1) is 11.6 Å². The Labute approximate surface area is 104 Å². The first-order valence-corrected chi connectivity index (χ1v) is 7.15. The van der Waals surface area contributed by atoms with Crippen LogP contribution in [0.4, 0.5) is 0 Å². The zero-order valence-electron chi connectivity index (χ0n) is 10.4. The molecule has 0 N–H and O–H groups in total. The van der Waals surface area contributed by atoms with Crippen molar-refractivity contribution in [3.63, 3.8) is 0 Å². The van der Waals surface area contributed by atoms with Crippen LogP contribution in [-0.2, 0) is 4.79 Å². The number of carbonyl (C=O) groups is 1. The van der Waals surface area contributed by atoms with Gasteiger partial charge in [-0.05, 0) is 18.8 Å². The average Bonchev–Trinajstić information content (AvgIpc) is 2.78. The first-order valence-electron chi connectivity index (χ1n) is 6.61. The summed E-state index contributed by atoms with van der Waals surface area (Å²) in [5.74, 6) is 1.66. The van der Waals surface area contributed by atoms with Crippen LogP contribution in [0.2, 0.25) is 0 Å². The minimum atomic E-state index is 0.300. The van der Waals surface area contributed by atoms with Gasteiger partial charge >= 0.3 is 0 Å². The molecule has 0 radical (unpaired) electrons. The zero-order valence-corrected chi connectivity index (χ0v) is 11.1. The second kappa shape index (κ2) is 7.94. The Morgan fingerprint density at radius 2 is 2.00 bits per heavy atom. The van der Waals surface area contributed by atoms with Crippen LogP contribution in [0.15, 0.2) is 0 Å². The predicted molar refractivity (Wildman–Crippen MR) is 68.8 cm³/mol. The molecule has 0 spiro atoms. The van der Waals surface area contributed by atoms with Crippen molar-refractivity contribution in [2.45, 2.75) is 51.9 Å². The quantitative estimate of drug-likeness (QED) is 0.630. The summed E-state index contributed by atoms with van der Waals surface area (Å²) in [6.45, 7) is 3.67. The number of nitrogens with zero attached hydrogens (tertiary/aromatic N) is 1. The molecule has 2 nitrogen and oxygen atoms in total. The maximum atomic E-state index is 11.9. The predicted octanol–water partition coefficient (Wildman–Crippen LogP) is 3.43. The highest BCUT2D eigenvalue weighted by Gasteiger charge is 2.18. The Morgan fingerprint density at radius 3 is 2.56 bits per heavy atom. The SMILES string of the molecule is CCCN(CCCl)C(=O)CCC1CCCC1. The summed E-state index contributed by atoms with van der Waals surface area (Å²) in [4.78, 5) is 13.9. The largest absolute Gasteiger partial charge is 0.342 e. The Kier molecular flexibility index (Phi) is 6.86. The van der Waals surface area contributed by atoms with E-state index in [1.165, 1.54) is 25.7 Å². The lowest BCUT2D eigenvalue weighted by molar-refractivity contribution is -0.131. The Morgan fingerprint density at radius 1 is 1.31 bits per heavy atom. The van der Waals surface area contributed by atoms with Gasteiger partial charge < -0.3 is 4.90 Å². The maximum absolute atomic E-state index is 11.9. The molecular weight excluding hydrogens is 222 g/mol. The Bertz CT molecular complexity index is 196. The van der Waals surface area contributed by atoms with Crippen LogP contribution in [0, 0.1) is 5.92 Å². The van der Waals surface area contributed by atoms with E-state index < -0.39 is 0 Å². The molecule has 1 aliphatic carbocycles. The van der Waals surface area contributed by atoms with Gasteiger partial charge in [-0.2, -0.15) is 0 Å². The number of hydrogen-bond acceptors (Lipinski definition) is 1. The summed E-state index contributed by atoms with van der Waals surface area (Å²) in [5.41, 5.74) is 0. The van der Waals surface area contributed by atoms with Crippen molar-refractivity contribution < 1.29 is 4.79 Å². The van der Waals surface area contributed by atoms with Gasteiger partial charge in [-0.1, -0.05) is 32.6 Å². The van der Waals surface area contributed by atoms with E-state index in [1.807, 2.05) is 4.90 Å². The molecule has 16 heavy (non-hydrogen) atoms. The van der Waals surface area contributed by atoms with Crippen LogP contribution in [0.25, 0.3) is 0 Å². The average molecular weight is 246 g/mol. The Hall–Kier alpha value is -0.240. The highest BCUT2D eigenvalue weighted by molar-refractivity contribution is 6.18. The van der Waals surface area contributed by atoms with Gasteiger partial charge in [-0.25, -0.2) is 0 Å². The highest BCUT2D eigenvalue weighted by atomic mass is 35.5. The van der Waals surface area contributed by atoms with Crippen molar-refractivity contribution >= 4 is 17.5 Å². The van der Waals surface area contributed by atoms with Crippen LogP contribution >= 0.6 is 11.6 Å². The molecule has 1 amide bonds. The van der Waals surface area contributed by atoms with Crippen molar-refractivity contribution in [3.05, 3.63) is 0 Å². The smallest absolute Gasteiger partial charge is 0.222 e. The number of rotatable bonds is 7. The van der Waals surface area contributed by atoms with Crippen LogP contribution < -0.4 is 0 Å². The lowest BCUT2D eigenvalue weighted by atomic mass is 10.0. The molecule has 1 saturated carbocycles. The van der Waals surface area contributed by atoms with Crippen LogP contribution in [0.1, 0.15) is 51.9 Å². The summed E-state index contributed by atoms with van der Waals surface area (Å²) in [7, 11) is 0. The molecule has 0 atom stereocenters. The van der Waals surface area contributed by atoms with Gasteiger partial charge in [0.05, 0.1) is 0 Å². The van der Waals surface area contributed by atoms with E-state index in [0.29, 0.717) is 18.3 Å². The molecule has 1 aliphatic rings. The third kappa shape index (κ3) is 4.73. The second-order valence-electron chi connectivity index (χ2n) is 4.76. The molecule has 94 valence electrons. The third-order valence-corrected chi connectivity index (χ3v) is 3.61. The van der Waals surface area contributed by atoms with Gasteiger partial charge in [0, 0.05) is 25.4 Å². The fourth-order valence-electron chi connectivity index (χ4n) is 2.52. The number of alkyl halides is 1. The number of carbonyl (C=O) groups excluding carboxylic acids is 1. The monoisotopic (exact) mass is 245 g/mol. The number of halogens is 1. The van der Waals surface area contributed by atoms with Crippen LogP contribution in [-0.4, -0.2) is 29.8 Å². The lowest BCUT2D eigenvalue weighted by Gasteiger charge is -2.21. The fraction of sp³-hybridized carbons (Fsp3) is 0.923. The van der Waals surface area contributed by atoms with Crippen LogP contribution in [0.5, 0.6) is 0 Å². The minimum Gasteiger partial charge on any atom is -0.342 e. The Balaban J connectivity index is 2.24. The second-order valence-corrected chi connectivity index (χ2v) is 5.14. The van der Waals surface area contributed by atoms with Crippen molar-refractivity contribution in [3.8, 4) is 0 Å². The molecule has 1 rings (SSSR count). The van der Waals surface area contributed by atoms with E-state index in [-0.39, 0.29) is 0 Å². The standard InChI is InChI=1S/C13H24ClNO/c1-2-10-15(11-9-14)13(16)8-7-12-5-3-4-6-12/h12H,2-11H2,1H3. The summed E-state index contributed by atoms with van der Waals surface area (Å²) in [6, 6.07) is 0. The summed E-state index contributed by atoms with van der Waals surface area (Å²) >= 11 is 5.71. The molecule has 0 bridgehead atoms. The molecule has 0 heterocycles. The molecule has 3 heteroatoms. The van der Waals surface area contributed by atoms with E-state index >= 15 is 0 Å². The molecule has 0 aromatic heterocycles. The third-order valence-electron chi connectivity index (χ3n) is 3.44. The molecule has 0 aromatic rings. The highest BCUT2D eigenvalue weighted by Crippen LogP contribution is 2.28. The van der Waals surface area contributed by atoms with Crippen molar-refractivity contribution in [2.75, 3.05) is 19.0 Å². The zero-order chi connectivity index (χ0) is 11.8. The van der Waals surface area contributed by atoms with Crippen molar-refractivity contribution in [1.29, 1.82) is 0 Å². The van der Waals surface area contributed by atoms with Crippen molar-refractivity contribution in [1.82, 2.24) is 4.90 Å². The molecule has 0 aromatic carbocycles. The molecule has 0 saturated heterocycles. The summed E-state index contributed by atoms with van der Waals surface area (Å²) in [6.07, 6.45) is 8.21. The lowest BCUT2D eigenvalue weighted by Crippen LogP contribution is -2.33. The van der Waals surface area contributed by atoms with E-state index in [2.05, 4.69) is 6.92 Å². The van der Waals surface area contributed by atoms with Crippen molar-refractivity contribution in [2.24, 2.45) is 5.92 Å². The minimum absolute atomic E-state index is 0.300. The summed E-state index contributed by atoms with van der Waals surface area (Å²) in [5, 5.41) is 0. The van der Waals surface area contributed by atoms with E-state index in [1.54, 1.807) is 0 Å². The van der Waals surface area contributed by atoms with Gasteiger partial charge in [-0.3, -0.25) is 4.79 Å². The van der Waals surface area contributed by atoms with Gasteiger partial charge in [0.15, 0.2) is 0 Å².